The Bertz CT molecular complexity index is 588. The molecule has 1 fully saturated rings. The molecule has 0 amide bonds. The smallest absolute Gasteiger partial charge is 0.227 e. The minimum atomic E-state index is 0.155. The average Bonchev–Trinajstić information content (AvgIpc) is 2.97. The Morgan fingerprint density at radius 1 is 1.14 bits per heavy atom. The van der Waals surface area contributed by atoms with Gasteiger partial charge in [-0.3, -0.25) is 0 Å². The molecule has 21 heavy (non-hydrogen) atoms. The molecule has 0 spiro atoms. The van der Waals surface area contributed by atoms with Crippen molar-refractivity contribution in [3.63, 3.8) is 0 Å². The second-order valence-corrected chi connectivity index (χ2v) is 6.88. The van der Waals surface area contributed by atoms with Crippen LogP contribution in [0.2, 0.25) is 0 Å². The minimum Gasteiger partial charge on any atom is -0.339 e. The van der Waals surface area contributed by atoms with E-state index in [9.17, 15) is 0 Å². The molecule has 1 aromatic carbocycles. The highest BCUT2D eigenvalue weighted by molar-refractivity contribution is 9.10. The molecule has 4 nitrogen and oxygen atoms in total. The van der Waals surface area contributed by atoms with Gasteiger partial charge in [-0.15, -0.1) is 0 Å². The number of aromatic nitrogens is 2. The van der Waals surface area contributed by atoms with Crippen LogP contribution in [0.1, 0.15) is 38.0 Å². The lowest BCUT2D eigenvalue weighted by Crippen LogP contribution is -2.35. The van der Waals surface area contributed by atoms with Crippen molar-refractivity contribution in [3.8, 4) is 11.4 Å². The van der Waals surface area contributed by atoms with Crippen molar-refractivity contribution in [1.29, 1.82) is 0 Å². The molecular weight excluding hydrogens is 330 g/mol. The molecule has 1 heterocycles. The van der Waals surface area contributed by atoms with Crippen LogP contribution in [0.3, 0.4) is 0 Å². The van der Waals surface area contributed by atoms with Crippen molar-refractivity contribution in [2.24, 2.45) is 11.1 Å². The summed E-state index contributed by atoms with van der Waals surface area (Å²) >= 11 is 3.43. The van der Waals surface area contributed by atoms with Crippen molar-refractivity contribution < 1.29 is 4.52 Å². The van der Waals surface area contributed by atoms with Gasteiger partial charge in [0.25, 0.3) is 0 Å². The molecule has 2 N–H and O–H groups in total. The number of nitrogens with zero attached hydrogens (tertiary/aromatic N) is 2. The third-order valence-corrected chi connectivity index (χ3v) is 4.97. The van der Waals surface area contributed by atoms with Gasteiger partial charge in [-0.25, -0.2) is 0 Å². The van der Waals surface area contributed by atoms with Crippen LogP contribution in [0.5, 0.6) is 0 Å². The summed E-state index contributed by atoms with van der Waals surface area (Å²) in [6, 6.07) is 7.93. The first-order chi connectivity index (χ1) is 10.2. The normalized spacial score (nSPS) is 17.8. The predicted octanol–water partition coefficient (Wildman–Crippen LogP) is 3.95. The SMILES string of the molecule is NCC1(Cc2nc(-c3ccc(Br)cc3)no2)CCCCC1. The van der Waals surface area contributed by atoms with Gasteiger partial charge < -0.3 is 10.3 Å². The fraction of sp³-hybridized carbons (Fsp3) is 0.500. The van der Waals surface area contributed by atoms with Gasteiger partial charge in [0, 0.05) is 16.5 Å². The van der Waals surface area contributed by atoms with Crippen molar-refractivity contribution in [2.45, 2.75) is 38.5 Å². The molecule has 3 rings (SSSR count). The number of rotatable bonds is 4. The van der Waals surface area contributed by atoms with Gasteiger partial charge in [-0.1, -0.05) is 40.3 Å². The third kappa shape index (κ3) is 3.35. The van der Waals surface area contributed by atoms with Crippen LogP contribution >= 0.6 is 15.9 Å². The number of hydrogen-bond acceptors (Lipinski definition) is 4. The molecule has 1 aliphatic carbocycles. The molecule has 5 heteroatoms. The summed E-state index contributed by atoms with van der Waals surface area (Å²) in [7, 11) is 0. The first kappa shape index (κ1) is 14.7. The maximum Gasteiger partial charge on any atom is 0.227 e. The van der Waals surface area contributed by atoms with Crippen LogP contribution < -0.4 is 5.73 Å². The molecule has 0 saturated heterocycles. The van der Waals surface area contributed by atoms with E-state index in [0.29, 0.717) is 18.3 Å². The number of hydrogen-bond donors (Lipinski definition) is 1. The summed E-state index contributed by atoms with van der Waals surface area (Å²) in [4.78, 5) is 4.55. The fourth-order valence-electron chi connectivity index (χ4n) is 3.12. The fourth-order valence-corrected chi connectivity index (χ4v) is 3.38. The Morgan fingerprint density at radius 3 is 2.52 bits per heavy atom. The first-order valence-corrected chi connectivity index (χ1v) is 8.29. The quantitative estimate of drug-likeness (QED) is 0.907. The van der Waals surface area contributed by atoms with Crippen LogP contribution in [0.4, 0.5) is 0 Å². The van der Waals surface area contributed by atoms with E-state index >= 15 is 0 Å². The Labute approximate surface area is 133 Å². The summed E-state index contributed by atoms with van der Waals surface area (Å²) in [5.41, 5.74) is 7.15. The Hall–Kier alpha value is -1.20. The van der Waals surface area contributed by atoms with Gasteiger partial charge in [0.05, 0.1) is 0 Å². The van der Waals surface area contributed by atoms with E-state index in [2.05, 4.69) is 26.1 Å². The lowest BCUT2D eigenvalue weighted by molar-refractivity contribution is 0.177. The molecule has 0 atom stereocenters. The van der Waals surface area contributed by atoms with Gasteiger partial charge in [0.2, 0.25) is 11.7 Å². The van der Waals surface area contributed by atoms with Crippen LogP contribution in [0, 0.1) is 5.41 Å². The molecular formula is C16H20BrN3O. The lowest BCUT2D eigenvalue weighted by atomic mass is 9.72. The zero-order chi connectivity index (χ0) is 14.7. The zero-order valence-electron chi connectivity index (χ0n) is 12.0. The van der Waals surface area contributed by atoms with Crippen LogP contribution in [-0.4, -0.2) is 16.7 Å². The Kier molecular flexibility index (Phi) is 4.40. The average molecular weight is 350 g/mol. The van der Waals surface area contributed by atoms with Crippen LogP contribution in [0.15, 0.2) is 33.3 Å². The van der Waals surface area contributed by atoms with E-state index in [-0.39, 0.29) is 5.41 Å². The van der Waals surface area contributed by atoms with Crippen molar-refractivity contribution in [2.75, 3.05) is 6.54 Å². The standard InChI is InChI=1S/C16H20BrN3O/c17-13-6-4-12(5-7-13)15-19-14(21-20-15)10-16(11-18)8-2-1-3-9-16/h4-7H,1-3,8-11,18H2. The minimum absolute atomic E-state index is 0.155. The van der Waals surface area contributed by atoms with E-state index in [0.717, 1.165) is 16.5 Å². The highest BCUT2D eigenvalue weighted by Gasteiger charge is 2.32. The molecule has 0 unspecified atom stereocenters. The molecule has 112 valence electrons. The largest absolute Gasteiger partial charge is 0.339 e. The van der Waals surface area contributed by atoms with Crippen molar-refractivity contribution in [3.05, 3.63) is 34.6 Å². The van der Waals surface area contributed by atoms with Crippen LogP contribution in [-0.2, 0) is 6.42 Å². The maximum atomic E-state index is 6.03. The Morgan fingerprint density at radius 2 is 1.86 bits per heavy atom. The predicted molar refractivity (Wildman–Crippen MR) is 85.7 cm³/mol. The number of nitrogens with two attached hydrogens (primary N) is 1. The topological polar surface area (TPSA) is 64.9 Å². The highest BCUT2D eigenvalue weighted by Crippen LogP contribution is 2.38. The van der Waals surface area contributed by atoms with E-state index in [4.69, 9.17) is 10.3 Å². The zero-order valence-corrected chi connectivity index (χ0v) is 13.6. The summed E-state index contributed by atoms with van der Waals surface area (Å²) in [6.07, 6.45) is 6.96. The van der Waals surface area contributed by atoms with Crippen LogP contribution in [0.25, 0.3) is 11.4 Å². The molecule has 0 bridgehead atoms. The summed E-state index contributed by atoms with van der Waals surface area (Å²) < 4.78 is 6.49. The van der Waals surface area contributed by atoms with Gasteiger partial charge in [-0.05, 0) is 49.1 Å². The molecule has 0 aliphatic heterocycles. The van der Waals surface area contributed by atoms with E-state index in [1.807, 2.05) is 24.3 Å². The third-order valence-electron chi connectivity index (χ3n) is 4.44. The second kappa shape index (κ2) is 6.28. The summed E-state index contributed by atoms with van der Waals surface area (Å²) in [6.45, 7) is 0.697. The number of benzene rings is 1. The highest BCUT2D eigenvalue weighted by atomic mass is 79.9. The molecule has 1 saturated carbocycles. The van der Waals surface area contributed by atoms with E-state index in [1.54, 1.807) is 0 Å². The summed E-state index contributed by atoms with van der Waals surface area (Å²) in [5, 5.41) is 4.10. The van der Waals surface area contributed by atoms with Crippen molar-refractivity contribution in [1.82, 2.24) is 10.1 Å². The first-order valence-electron chi connectivity index (χ1n) is 7.49. The molecule has 1 aliphatic rings. The molecule has 0 radical (unpaired) electrons. The molecule has 1 aromatic heterocycles. The number of halogens is 1. The second-order valence-electron chi connectivity index (χ2n) is 5.96. The van der Waals surface area contributed by atoms with E-state index in [1.165, 1.54) is 32.1 Å². The van der Waals surface area contributed by atoms with Gasteiger partial charge in [0.15, 0.2) is 0 Å². The van der Waals surface area contributed by atoms with Gasteiger partial charge in [-0.2, -0.15) is 4.98 Å². The van der Waals surface area contributed by atoms with Gasteiger partial charge >= 0.3 is 0 Å². The monoisotopic (exact) mass is 349 g/mol. The van der Waals surface area contributed by atoms with Gasteiger partial charge in [0.1, 0.15) is 0 Å². The Balaban J connectivity index is 1.76. The van der Waals surface area contributed by atoms with Crippen molar-refractivity contribution >= 4 is 15.9 Å². The lowest BCUT2D eigenvalue weighted by Gasteiger charge is -2.34. The molecule has 2 aromatic rings. The summed E-state index contributed by atoms with van der Waals surface area (Å²) in [5.74, 6) is 1.36. The van der Waals surface area contributed by atoms with E-state index < -0.39 is 0 Å². The maximum absolute atomic E-state index is 6.03.